The molecule has 0 radical (unpaired) electrons. The van der Waals surface area contributed by atoms with Crippen molar-refractivity contribution < 1.29 is 9.53 Å². The molecule has 29 heavy (non-hydrogen) atoms. The zero-order valence-corrected chi connectivity index (χ0v) is 19.1. The summed E-state index contributed by atoms with van der Waals surface area (Å²) in [5, 5.41) is 3.40. The molecular formula is C21H28IN5O2. The third-order valence-electron chi connectivity index (χ3n) is 4.91. The largest absolute Gasteiger partial charge is 0.495 e. The van der Waals surface area contributed by atoms with Gasteiger partial charge in [-0.2, -0.15) is 0 Å². The van der Waals surface area contributed by atoms with Crippen LogP contribution in [0.1, 0.15) is 15.9 Å². The van der Waals surface area contributed by atoms with Gasteiger partial charge in [-0.15, -0.1) is 24.0 Å². The molecule has 8 heteroatoms. The molecule has 156 valence electrons. The van der Waals surface area contributed by atoms with Crippen LogP contribution in [-0.2, 0) is 6.54 Å². The highest BCUT2D eigenvalue weighted by Gasteiger charge is 2.21. The number of hydrogen-bond donors (Lipinski definition) is 2. The molecule has 0 bridgehead atoms. The van der Waals surface area contributed by atoms with Gasteiger partial charge in [-0.1, -0.05) is 24.3 Å². The molecule has 2 aromatic carbocycles. The monoisotopic (exact) mass is 509 g/mol. The maximum absolute atomic E-state index is 11.2. The van der Waals surface area contributed by atoms with Crippen LogP contribution in [0, 0.1) is 0 Å². The Balaban J connectivity index is 0.00000300. The summed E-state index contributed by atoms with van der Waals surface area (Å²) in [6.07, 6.45) is 0. The number of nitrogens with two attached hydrogens (primary N) is 1. The molecule has 7 nitrogen and oxygen atoms in total. The third kappa shape index (κ3) is 5.75. The molecule has 0 aromatic heterocycles. The highest BCUT2D eigenvalue weighted by atomic mass is 127. The van der Waals surface area contributed by atoms with E-state index in [-0.39, 0.29) is 24.0 Å². The molecule has 0 unspecified atom stereocenters. The number of rotatable bonds is 5. The molecule has 3 rings (SSSR count). The summed E-state index contributed by atoms with van der Waals surface area (Å²) in [6, 6.07) is 15.4. The lowest BCUT2D eigenvalue weighted by molar-refractivity contribution is 0.100. The maximum atomic E-state index is 11.2. The van der Waals surface area contributed by atoms with E-state index in [1.807, 2.05) is 30.3 Å². The number of halogens is 1. The average molecular weight is 509 g/mol. The molecule has 1 aliphatic rings. The fraction of sp³-hybridized carbons (Fsp3) is 0.333. The summed E-state index contributed by atoms with van der Waals surface area (Å²) in [5.41, 5.74) is 7.99. The van der Waals surface area contributed by atoms with E-state index in [9.17, 15) is 4.79 Å². The molecule has 1 heterocycles. The first kappa shape index (κ1) is 22.8. The van der Waals surface area contributed by atoms with Crippen LogP contribution < -0.4 is 20.7 Å². The smallest absolute Gasteiger partial charge is 0.248 e. The predicted octanol–water partition coefficient (Wildman–Crippen LogP) is 2.31. The van der Waals surface area contributed by atoms with Crippen molar-refractivity contribution in [1.82, 2.24) is 10.2 Å². The van der Waals surface area contributed by atoms with Crippen LogP contribution >= 0.6 is 24.0 Å². The van der Waals surface area contributed by atoms with E-state index in [2.05, 4.69) is 26.2 Å². The van der Waals surface area contributed by atoms with E-state index < -0.39 is 5.91 Å². The summed E-state index contributed by atoms with van der Waals surface area (Å²) >= 11 is 0. The maximum Gasteiger partial charge on any atom is 0.248 e. The van der Waals surface area contributed by atoms with Crippen molar-refractivity contribution >= 4 is 41.5 Å². The molecule has 1 amide bonds. The Morgan fingerprint density at radius 1 is 1.10 bits per heavy atom. The van der Waals surface area contributed by atoms with Crippen molar-refractivity contribution in [2.24, 2.45) is 10.7 Å². The molecule has 0 aliphatic carbocycles. The molecule has 0 saturated carbocycles. The lowest BCUT2D eigenvalue weighted by Gasteiger charge is -2.38. The molecule has 3 N–H and O–H groups in total. The number of carbonyl (C=O) groups excluding carboxylic acids is 1. The van der Waals surface area contributed by atoms with Crippen molar-refractivity contribution in [3.05, 3.63) is 59.7 Å². The number of nitrogens with one attached hydrogen (secondary N) is 1. The van der Waals surface area contributed by atoms with Gasteiger partial charge in [0.2, 0.25) is 5.91 Å². The van der Waals surface area contributed by atoms with Crippen molar-refractivity contribution in [2.75, 3.05) is 45.2 Å². The Bertz CT molecular complexity index is 833. The van der Waals surface area contributed by atoms with E-state index in [1.54, 1.807) is 26.3 Å². The number of benzene rings is 2. The van der Waals surface area contributed by atoms with Crippen molar-refractivity contribution in [3.8, 4) is 5.75 Å². The van der Waals surface area contributed by atoms with E-state index in [0.717, 1.165) is 49.1 Å². The van der Waals surface area contributed by atoms with Gasteiger partial charge in [0, 0.05) is 45.3 Å². The van der Waals surface area contributed by atoms with Crippen LogP contribution in [0.2, 0.25) is 0 Å². The zero-order chi connectivity index (χ0) is 19.9. The number of methoxy groups -OCH3 is 1. The van der Waals surface area contributed by atoms with Crippen LogP contribution in [0.25, 0.3) is 0 Å². The minimum Gasteiger partial charge on any atom is -0.495 e. The summed E-state index contributed by atoms with van der Waals surface area (Å²) in [4.78, 5) is 20.2. The Hall–Kier alpha value is -2.49. The SMILES string of the molecule is CN=C(NCc1ccc(C(N)=O)cc1)N1CCN(c2ccccc2OC)CC1.I. The Morgan fingerprint density at radius 3 is 2.34 bits per heavy atom. The number of anilines is 1. The molecule has 0 spiro atoms. The van der Waals surface area contributed by atoms with Gasteiger partial charge in [0.15, 0.2) is 5.96 Å². The van der Waals surface area contributed by atoms with Gasteiger partial charge >= 0.3 is 0 Å². The number of primary amides is 1. The first-order valence-electron chi connectivity index (χ1n) is 9.34. The number of ether oxygens (including phenoxy) is 1. The fourth-order valence-electron chi connectivity index (χ4n) is 3.35. The van der Waals surface area contributed by atoms with E-state index in [0.29, 0.717) is 12.1 Å². The molecule has 2 aromatic rings. The fourth-order valence-corrected chi connectivity index (χ4v) is 3.35. The number of para-hydroxylation sites is 2. The molecular weight excluding hydrogens is 481 g/mol. The molecule has 1 aliphatic heterocycles. The number of piperazine rings is 1. The van der Waals surface area contributed by atoms with Crippen LogP contribution in [0.5, 0.6) is 5.75 Å². The number of amides is 1. The quantitative estimate of drug-likeness (QED) is 0.368. The van der Waals surface area contributed by atoms with Crippen LogP contribution in [0.3, 0.4) is 0 Å². The highest BCUT2D eigenvalue weighted by Crippen LogP contribution is 2.28. The van der Waals surface area contributed by atoms with Gasteiger partial charge in [-0.25, -0.2) is 0 Å². The van der Waals surface area contributed by atoms with Crippen LogP contribution in [-0.4, -0.2) is 57.1 Å². The minimum absolute atomic E-state index is 0. The molecule has 0 atom stereocenters. The summed E-state index contributed by atoms with van der Waals surface area (Å²) < 4.78 is 5.48. The normalized spacial score (nSPS) is 14.2. The highest BCUT2D eigenvalue weighted by molar-refractivity contribution is 14.0. The second-order valence-corrected chi connectivity index (χ2v) is 6.61. The van der Waals surface area contributed by atoms with E-state index in [4.69, 9.17) is 10.5 Å². The van der Waals surface area contributed by atoms with Gasteiger partial charge in [0.25, 0.3) is 0 Å². The standard InChI is InChI=1S/C21H27N5O2.HI/c1-23-21(24-15-16-7-9-17(10-8-16)20(22)27)26-13-11-25(12-14-26)18-5-3-4-6-19(18)28-2;/h3-10H,11-15H2,1-2H3,(H2,22,27)(H,23,24);1H. The van der Waals surface area contributed by atoms with E-state index in [1.165, 1.54) is 0 Å². The summed E-state index contributed by atoms with van der Waals surface area (Å²) in [5.74, 6) is 1.36. The Morgan fingerprint density at radius 2 is 1.76 bits per heavy atom. The number of carbonyl (C=O) groups is 1. The first-order valence-corrected chi connectivity index (χ1v) is 9.34. The topological polar surface area (TPSA) is 83.2 Å². The third-order valence-corrected chi connectivity index (χ3v) is 4.91. The number of aliphatic imine (C=N–C) groups is 1. The molecule has 1 saturated heterocycles. The van der Waals surface area contributed by atoms with Crippen molar-refractivity contribution in [2.45, 2.75) is 6.54 Å². The number of nitrogens with zero attached hydrogens (tertiary/aromatic N) is 3. The van der Waals surface area contributed by atoms with Gasteiger partial charge in [-0.05, 0) is 29.8 Å². The van der Waals surface area contributed by atoms with Gasteiger partial charge in [-0.3, -0.25) is 9.79 Å². The lowest BCUT2D eigenvalue weighted by Crippen LogP contribution is -2.52. The minimum atomic E-state index is -0.414. The van der Waals surface area contributed by atoms with E-state index >= 15 is 0 Å². The first-order chi connectivity index (χ1) is 13.6. The second kappa shape index (κ2) is 10.9. The van der Waals surface area contributed by atoms with Gasteiger partial charge in [0.1, 0.15) is 5.75 Å². The number of hydrogen-bond acceptors (Lipinski definition) is 4. The second-order valence-electron chi connectivity index (χ2n) is 6.61. The molecule has 1 fully saturated rings. The van der Waals surface area contributed by atoms with Crippen molar-refractivity contribution in [1.29, 1.82) is 0 Å². The van der Waals surface area contributed by atoms with Crippen LogP contribution in [0.15, 0.2) is 53.5 Å². The summed E-state index contributed by atoms with van der Waals surface area (Å²) in [6.45, 7) is 4.18. The average Bonchev–Trinajstić information content (AvgIpc) is 2.75. The zero-order valence-electron chi connectivity index (χ0n) is 16.8. The van der Waals surface area contributed by atoms with Crippen molar-refractivity contribution in [3.63, 3.8) is 0 Å². The summed E-state index contributed by atoms with van der Waals surface area (Å²) in [7, 11) is 3.50. The lowest BCUT2D eigenvalue weighted by atomic mass is 10.1. The predicted molar refractivity (Wildman–Crippen MR) is 127 cm³/mol. The van der Waals surface area contributed by atoms with Crippen LogP contribution in [0.4, 0.5) is 5.69 Å². The van der Waals surface area contributed by atoms with Gasteiger partial charge < -0.3 is 25.6 Å². The Labute approximate surface area is 188 Å². The number of guanidine groups is 1. The Kier molecular flexibility index (Phi) is 8.56. The van der Waals surface area contributed by atoms with Gasteiger partial charge in [0.05, 0.1) is 12.8 Å².